The highest BCUT2D eigenvalue weighted by Gasteiger charge is 2.02. The summed E-state index contributed by atoms with van der Waals surface area (Å²) in [6.45, 7) is 5.87. The number of guanidine groups is 1. The van der Waals surface area contributed by atoms with E-state index in [1.54, 1.807) is 18.4 Å². The molecule has 0 atom stereocenters. The van der Waals surface area contributed by atoms with Crippen LogP contribution in [0.3, 0.4) is 0 Å². The molecule has 1 aromatic carbocycles. The van der Waals surface area contributed by atoms with Crippen LogP contribution in [-0.4, -0.2) is 24.5 Å². The average Bonchev–Trinajstić information content (AvgIpc) is 3.00. The fraction of sp³-hybridized carbons (Fsp3) is 0.412. The molecule has 0 saturated heterocycles. The van der Waals surface area contributed by atoms with Crippen LogP contribution in [0.4, 0.5) is 0 Å². The number of aryl methyl sites for hydroxylation is 2. The summed E-state index contributed by atoms with van der Waals surface area (Å²) in [7, 11) is 1.79. The van der Waals surface area contributed by atoms with Gasteiger partial charge in [-0.2, -0.15) is 0 Å². The Balaban J connectivity index is 0.00000264. The number of hydrogen-bond donors (Lipinski definition) is 2. The van der Waals surface area contributed by atoms with Crippen LogP contribution in [0.15, 0.2) is 35.5 Å². The summed E-state index contributed by atoms with van der Waals surface area (Å²) in [5.74, 6) is 0.827. The predicted octanol–water partition coefficient (Wildman–Crippen LogP) is 3.54. The topological polar surface area (TPSA) is 49.3 Å². The molecule has 0 spiro atoms. The molecule has 0 aliphatic heterocycles. The zero-order valence-corrected chi connectivity index (χ0v) is 17.1. The lowest BCUT2D eigenvalue weighted by Gasteiger charge is -2.11. The van der Waals surface area contributed by atoms with Crippen LogP contribution in [0.2, 0.25) is 0 Å². The number of thiazole rings is 1. The number of hydrogen-bond acceptors (Lipinski definition) is 3. The second kappa shape index (κ2) is 10.6. The second-order valence-electron chi connectivity index (χ2n) is 5.16. The largest absolute Gasteiger partial charge is 0.356 e. The standard InChI is InChI=1S/C17H24N4S.HI/c1-4-15-12-20-16(22-15)9-10-19-17(18-3)21-11-14-7-5-13(2)6-8-14;/h5-8,12H,4,9-11H2,1-3H3,(H2,18,19,21);1H. The maximum Gasteiger partial charge on any atom is 0.191 e. The lowest BCUT2D eigenvalue weighted by Crippen LogP contribution is -2.37. The maximum absolute atomic E-state index is 4.43. The third-order valence-corrected chi connectivity index (χ3v) is 4.59. The van der Waals surface area contributed by atoms with Crippen molar-refractivity contribution in [2.75, 3.05) is 13.6 Å². The summed E-state index contributed by atoms with van der Waals surface area (Å²) in [5, 5.41) is 7.84. The molecular formula is C17H25IN4S. The molecule has 0 aliphatic rings. The van der Waals surface area contributed by atoms with Crippen LogP contribution in [0.25, 0.3) is 0 Å². The second-order valence-corrected chi connectivity index (χ2v) is 6.36. The highest BCUT2D eigenvalue weighted by atomic mass is 127. The Morgan fingerprint density at radius 3 is 2.57 bits per heavy atom. The van der Waals surface area contributed by atoms with Crippen LogP contribution in [-0.2, 0) is 19.4 Å². The molecule has 0 unspecified atom stereocenters. The van der Waals surface area contributed by atoms with Crippen LogP contribution >= 0.6 is 35.3 Å². The molecule has 23 heavy (non-hydrogen) atoms. The van der Waals surface area contributed by atoms with E-state index in [-0.39, 0.29) is 24.0 Å². The highest BCUT2D eigenvalue weighted by Crippen LogP contribution is 2.13. The SMILES string of the molecule is CCc1cnc(CCNC(=NC)NCc2ccc(C)cc2)s1.I. The van der Waals surface area contributed by atoms with Crippen molar-refractivity contribution in [3.05, 3.63) is 51.5 Å². The molecular weight excluding hydrogens is 419 g/mol. The van der Waals surface area contributed by atoms with E-state index in [9.17, 15) is 0 Å². The number of nitrogens with zero attached hydrogens (tertiary/aromatic N) is 2. The van der Waals surface area contributed by atoms with E-state index in [1.165, 1.54) is 21.0 Å². The lowest BCUT2D eigenvalue weighted by atomic mass is 10.1. The minimum atomic E-state index is 0. The summed E-state index contributed by atoms with van der Waals surface area (Å²) >= 11 is 1.79. The molecule has 126 valence electrons. The molecule has 2 rings (SSSR count). The average molecular weight is 444 g/mol. The first-order valence-electron chi connectivity index (χ1n) is 7.65. The summed E-state index contributed by atoms with van der Waals surface area (Å²) in [5.41, 5.74) is 2.53. The highest BCUT2D eigenvalue weighted by molar-refractivity contribution is 14.0. The summed E-state index contributed by atoms with van der Waals surface area (Å²) < 4.78 is 0. The Morgan fingerprint density at radius 2 is 1.96 bits per heavy atom. The Hall–Kier alpha value is -1.15. The van der Waals surface area contributed by atoms with E-state index in [1.807, 2.05) is 6.20 Å². The number of aromatic nitrogens is 1. The molecule has 6 heteroatoms. The van der Waals surface area contributed by atoms with Gasteiger partial charge in [0, 0.05) is 37.6 Å². The molecule has 0 amide bonds. The molecule has 4 nitrogen and oxygen atoms in total. The Kier molecular flexibility index (Phi) is 9.16. The van der Waals surface area contributed by atoms with E-state index in [0.29, 0.717) is 0 Å². The van der Waals surface area contributed by atoms with Crippen molar-refractivity contribution in [2.24, 2.45) is 4.99 Å². The summed E-state index contributed by atoms with van der Waals surface area (Å²) in [6, 6.07) is 8.52. The molecule has 0 bridgehead atoms. The fourth-order valence-corrected chi connectivity index (χ4v) is 2.89. The smallest absolute Gasteiger partial charge is 0.191 e. The van der Waals surface area contributed by atoms with Crippen molar-refractivity contribution in [1.29, 1.82) is 0 Å². The monoisotopic (exact) mass is 444 g/mol. The van der Waals surface area contributed by atoms with E-state index in [0.717, 1.165) is 31.9 Å². The minimum absolute atomic E-state index is 0. The molecule has 2 aromatic rings. The number of aliphatic imine (C=N–C) groups is 1. The van der Waals surface area contributed by atoms with Crippen LogP contribution in [0.1, 0.15) is 27.9 Å². The molecule has 0 fully saturated rings. The molecule has 0 saturated carbocycles. The quantitative estimate of drug-likeness (QED) is 0.407. The Bertz CT molecular complexity index is 607. The summed E-state index contributed by atoms with van der Waals surface area (Å²) in [6.07, 6.45) is 3.96. The van der Waals surface area contributed by atoms with Gasteiger partial charge in [0.2, 0.25) is 0 Å². The van der Waals surface area contributed by atoms with Crippen LogP contribution < -0.4 is 10.6 Å². The van der Waals surface area contributed by atoms with E-state index in [4.69, 9.17) is 0 Å². The van der Waals surface area contributed by atoms with Crippen LogP contribution in [0, 0.1) is 6.92 Å². The molecule has 0 radical (unpaired) electrons. The zero-order valence-electron chi connectivity index (χ0n) is 13.9. The summed E-state index contributed by atoms with van der Waals surface area (Å²) in [4.78, 5) is 10.0. The molecule has 1 heterocycles. The van der Waals surface area contributed by atoms with Crippen molar-refractivity contribution in [2.45, 2.75) is 33.2 Å². The van der Waals surface area contributed by atoms with E-state index < -0.39 is 0 Å². The van der Waals surface area contributed by atoms with Gasteiger partial charge < -0.3 is 10.6 Å². The number of benzene rings is 1. The molecule has 0 aliphatic carbocycles. The van der Waals surface area contributed by atoms with Crippen LogP contribution in [0.5, 0.6) is 0 Å². The predicted molar refractivity (Wildman–Crippen MR) is 110 cm³/mol. The van der Waals surface area contributed by atoms with Gasteiger partial charge in [-0.15, -0.1) is 35.3 Å². The van der Waals surface area contributed by atoms with Crippen molar-refractivity contribution in [1.82, 2.24) is 15.6 Å². The van der Waals surface area contributed by atoms with Gasteiger partial charge in [0.25, 0.3) is 0 Å². The normalized spacial score (nSPS) is 11.0. The van der Waals surface area contributed by atoms with Gasteiger partial charge in [0.1, 0.15) is 0 Å². The molecule has 2 N–H and O–H groups in total. The van der Waals surface area contributed by atoms with Crippen molar-refractivity contribution in [3.63, 3.8) is 0 Å². The van der Waals surface area contributed by atoms with Gasteiger partial charge in [0.15, 0.2) is 5.96 Å². The molecule has 1 aromatic heterocycles. The van der Waals surface area contributed by atoms with Gasteiger partial charge in [-0.25, -0.2) is 4.98 Å². The van der Waals surface area contributed by atoms with E-state index in [2.05, 4.69) is 58.7 Å². The Labute approximate surface area is 159 Å². The first-order valence-corrected chi connectivity index (χ1v) is 8.46. The number of nitrogens with one attached hydrogen (secondary N) is 2. The van der Waals surface area contributed by atoms with Crippen molar-refractivity contribution >= 4 is 41.3 Å². The Morgan fingerprint density at radius 1 is 1.22 bits per heavy atom. The zero-order chi connectivity index (χ0) is 15.8. The number of rotatable bonds is 6. The van der Waals surface area contributed by atoms with Crippen molar-refractivity contribution < 1.29 is 0 Å². The maximum atomic E-state index is 4.43. The van der Waals surface area contributed by atoms with E-state index >= 15 is 0 Å². The van der Waals surface area contributed by atoms with Gasteiger partial charge in [-0.3, -0.25) is 4.99 Å². The third-order valence-electron chi connectivity index (χ3n) is 3.39. The van der Waals surface area contributed by atoms with Gasteiger partial charge in [0.05, 0.1) is 5.01 Å². The first kappa shape index (κ1) is 19.9. The lowest BCUT2D eigenvalue weighted by molar-refractivity contribution is 0.792. The minimum Gasteiger partial charge on any atom is -0.356 e. The van der Waals surface area contributed by atoms with Gasteiger partial charge in [-0.1, -0.05) is 36.8 Å². The third kappa shape index (κ3) is 6.87. The number of halogens is 1. The van der Waals surface area contributed by atoms with Crippen molar-refractivity contribution in [3.8, 4) is 0 Å². The van der Waals surface area contributed by atoms with Gasteiger partial charge in [-0.05, 0) is 18.9 Å². The first-order chi connectivity index (χ1) is 10.7. The fourth-order valence-electron chi connectivity index (χ4n) is 2.03. The van der Waals surface area contributed by atoms with Gasteiger partial charge >= 0.3 is 0 Å².